The maximum absolute atomic E-state index is 11.4. The lowest BCUT2D eigenvalue weighted by Crippen LogP contribution is -2.56. The first-order valence-corrected chi connectivity index (χ1v) is 8.23. The van der Waals surface area contributed by atoms with Crippen LogP contribution in [0.2, 0.25) is 0 Å². The summed E-state index contributed by atoms with van der Waals surface area (Å²) >= 11 is 0. The Morgan fingerprint density at radius 1 is 1.20 bits per heavy atom. The second-order valence-electron chi connectivity index (χ2n) is 5.85. The Hall–Kier alpha value is -1.46. The molecule has 1 heterocycles. The van der Waals surface area contributed by atoms with Crippen LogP contribution in [0.1, 0.15) is 26.2 Å². The van der Waals surface area contributed by atoms with Gasteiger partial charge in [-0.05, 0) is 12.8 Å². The summed E-state index contributed by atoms with van der Waals surface area (Å²) < 4.78 is 16.0. The number of rotatable bonds is 10. The number of alkyl carbamates (subject to hydrolysis) is 1. The van der Waals surface area contributed by atoms with E-state index in [4.69, 9.17) is 24.4 Å². The summed E-state index contributed by atoms with van der Waals surface area (Å²) in [5.41, 5.74) is 0. The minimum absolute atomic E-state index is 0.0364. The van der Waals surface area contributed by atoms with Gasteiger partial charge in [-0.2, -0.15) is 0 Å². The molecule has 10 heteroatoms. The lowest BCUT2D eigenvalue weighted by atomic mass is 9.92. The number of aliphatic carboxylic acids is 1. The van der Waals surface area contributed by atoms with Gasteiger partial charge in [0, 0.05) is 25.5 Å². The van der Waals surface area contributed by atoms with Gasteiger partial charge in [0.1, 0.15) is 18.8 Å². The molecule has 5 N–H and O–H groups in total. The molecule has 1 saturated heterocycles. The summed E-state index contributed by atoms with van der Waals surface area (Å²) in [5.74, 6) is -1.38. The third-order valence-electron chi connectivity index (χ3n) is 3.83. The Balaban J connectivity index is 2.43. The molecule has 0 aromatic carbocycles. The van der Waals surface area contributed by atoms with Crippen LogP contribution in [-0.2, 0) is 19.0 Å². The predicted octanol–water partition coefficient (Wildman–Crippen LogP) is -0.941. The van der Waals surface area contributed by atoms with E-state index >= 15 is 0 Å². The van der Waals surface area contributed by atoms with Crippen molar-refractivity contribution in [3.63, 3.8) is 0 Å². The monoisotopic (exact) mass is 365 g/mol. The van der Waals surface area contributed by atoms with Crippen molar-refractivity contribution in [2.75, 3.05) is 26.4 Å². The maximum atomic E-state index is 11.4. The van der Waals surface area contributed by atoms with Gasteiger partial charge in [0.15, 0.2) is 6.29 Å². The largest absolute Gasteiger partial charge is 0.481 e. The molecule has 1 aliphatic rings. The Morgan fingerprint density at radius 2 is 1.92 bits per heavy atom. The molecule has 0 aromatic heterocycles. The zero-order chi connectivity index (χ0) is 18.8. The molecule has 0 aliphatic carbocycles. The minimum Gasteiger partial charge on any atom is -0.481 e. The highest BCUT2D eigenvalue weighted by molar-refractivity contribution is 5.67. The summed E-state index contributed by atoms with van der Waals surface area (Å²) in [6, 6.07) is 0. The molecule has 0 bridgehead atoms. The molecule has 0 spiro atoms. The molecule has 1 amide bonds. The zero-order valence-corrected chi connectivity index (χ0v) is 14.2. The first-order valence-electron chi connectivity index (χ1n) is 8.23. The van der Waals surface area contributed by atoms with Crippen LogP contribution in [0.4, 0.5) is 4.79 Å². The number of hydrogen-bond donors (Lipinski definition) is 5. The number of carboxylic acids is 1. The van der Waals surface area contributed by atoms with Crippen LogP contribution in [0.3, 0.4) is 0 Å². The SMILES string of the molecule is CC1C(OCCCCC(=O)O)OC(COC(=O)NCCO)C(O)C1O. The van der Waals surface area contributed by atoms with E-state index in [-0.39, 0.29) is 32.8 Å². The molecule has 0 saturated carbocycles. The van der Waals surface area contributed by atoms with Gasteiger partial charge in [-0.1, -0.05) is 6.92 Å². The van der Waals surface area contributed by atoms with Gasteiger partial charge < -0.3 is 40.0 Å². The summed E-state index contributed by atoms with van der Waals surface area (Å²) in [6.07, 6.45) is -3.89. The Morgan fingerprint density at radius 3 is 2.56 bits per heavy atom. The highest BCUT2D eigenvalue weighted by atomic mass is 16.7. The predicted molar refractivity (Wildman–Crippen MR) is 83.7 cm³/mol. The summed E-state index contributed by atoms with van der Waals surface area (Å²) in [7, 11) is 0. The standard InChI is InChI=1S/C15H27NO9/c1-9-12(20)13(21)10(8-24-15(22)16-5-6-17)25-14(9)23-7-3-2-4-11(18)19/h9-10,12-14,17,20-21H,2-8H2,1H3,(H,16,22)(H,18,19). The number of aliphatic hydroxyl groups excluding tert-OH is 3. The van der Waals surface area contributed by atoms with E-state index < -0.39 is 42.6 Å². The van der Waals surface area contributed by atoms with Gasteiger partial charge in [0.05, 0.1) is 12.7 Å². The van der Waals surface area contributed by atoms with E-state index in [9.17, 15) is 19.8 Å². The maximum Gasteiger partial charge on any atom is 0.407 e. The fraction of sp³-hybridized carbons (Fsp3) is 0.867. The Bertz CT molecular complexity index is 420. The molecule has 5 atom stereocenters. The fourth-order valence-corrected chi connectivity index (χ4v) is 2.34. The molecular weight excluding hydrogens is 338 g/mol. The van der Waals surface area contributed by atoms with E-state index in [1.54, 1.807) is 6.92 Å². The smallest absolute Gasteiger partial charge is 0.407 e. The number of unbranched alkanes of at least 4 members (excludes halogenated alkanes) is 1. The normalized spacial score (nSPS) is 29.2. The molecule has 0 aromatic rings. The van der Waals surface area contributed by atoms with E-state index in [0.29, 0.717) is 12.8 Å². The first-order chi connectivity index (χ1) is 11.9. The molecule has 5 unspecified atom stereocenters. The summed E-state index contributed by atoms with van der Waals surface area (Å²) in [4.78, 5) is 21.8. The zero-order valence-electron chi connectivity index (χ0n) is 14.2. The van der Waals surface area contributed by atoms with E-state index in [2.05, 4.69) is 5.32 Å². The van der Waals surface area contributed by atoms with Crippen molar-refractivity contribution in [3.05, 3.63) is 0 Å². The van der Waals surface area contributed by atoms with Crippen LogP contribution in [0, 0.1) is 5.92 Å². The van der Waals surface area contributed by atoms with Crippen molar-refractivity contribution in [2.45, 2.75) is 50.8 Å². The Labute approximate surface area is 145 Å². The topological polar surface area (TPSA) is 155 Å². The van der Waals surface area contributed by atoms with Gasteiger partial charge in [0.25, 0.3) is 0 Å². The van der Waals surface area contributed by atoms with Gasteiger partial charge in [0.2, 0.25) is 0 Å². The molecule has 0 radical (unpaired) electrons. The molecule has 146 valence electrons. The average Bonchev–Trinajstić information content (AvgIpc) is 2.58. The quantitative estimate of drug-likeness (QED) is 0.308. The number of aliphatic hydroxyl groups is 3. The third-order valence-corrected chi connectivity index (χ3v) is 3.83. The van der Waals surface area contributed by atoms with Gasteiger partial charge in [-0.25, -0.2) is 4.79 Å². The third kappa shape index (κ3) is 7.53. The van der Waals surface area contributed by atoms with E-state index in [0.717, 1.165) is 0 Å². The van der Waals surface area contributed by atoms with Gasteiger partial charge >= 0.3 is 12.1 Å². The van der Waals surface area contributed by atoms with Crippen molar-refractivity contribution in [1.82, 2.24) is 5.32 Å². The van der Waals surface area contributed by atoms with Crippen molar-refractivity contribution in [3.8, 4) is 0 Å². The van der Waals surface area contributed by atoms with Crippen molar-refractivity contribution in [2.24, 2.45) is 5.92 Å². The molecule has 1 rings (SSSR count). The van der Waals surface area contributed by atoms with Crippen LogP contribution in [0.15, 0.2) is 0 Å². The lowest BCUT2D eigenvalue weighted by molar-refractivity contribution is -0.282. The minimum atomic E-state index is -1.24. The molecule has 1 fully saturated rings. The van der Waals surface area contributed by atoms with E-state index in [1.807, 2.05) is 0 Å². The van der Waals surface area contributed by atoms with Crippen molar-refractivity contribution < 1.29 is 44.2 Å². The number of carbonyl (C=O) groups excluding carboxylic acids is 1. The average molecular weight is 365 g/mol. The second-order valence-corrected chi connectivity index (χ2v) is 5.85. The highest BCUT2D eigenvalue weighted by Crippen LogP contribution is 2.27. The lowest BCUT2D eigenvalue weighted by Gasteiger charge is -2.41. The van der Waals surface area contributed by atoms with Crippen molar-refractivity contribution >= 4 is 12.1 Å². The van der Waals surface area contributed by atoms with Crippen LogP contribution in [-0.4, -0.2) is 83.5 Å². The number of amides is 1. The Kier molecular flexibility index (Phi) is 9.68. The number of ether oxygens (including phenoxy) is 3. The van der Waals surface area contributed by atoms with Crippen molar-refractivity contribution in [1.29, 1.82) is 0 Å². The second kappa shape index (κ2) is 11.2. The first kappa shape index (κ1) is 21.6. The molecule has 1 aliphatic heterocycles. The summed E-state index contributed by atoms with van der Waals surface area (Å²) in [5, 5.41) is 39.6. The number of nitrogens with one attached hydrogen (secondary N) is 1. The summed E-state index contributed by atoms with van der Waals surface area (Å²) in [6.45, 7) is 1.41. The number of carboxylic acid groups (broad SMARTS) is 1. The fourth-order valence-electron chi connectivity index (χ4n) is 2.34. The molecule has 10 nitrogen and oxygen atoms in total. The van der Waals surface area contributed by atoms with Gasteiger partial charge in [-0.15, -0.1) is 0 Å². The molecule has 25 heavy (non-hydrogen) atoms. The van der Waals surface area contributed by atoms with Crippen LogP contribution in [0.5, 0.6) is 0 Å². The van der Waals surface area contributed by atoms with E-state index in [1.165, 1.54) is 0 Å². The van der Waals surface area contributed by atoms with Crippen LogP contribution in [0.25, 0.3) is 0 Å². The highest BCUT2D eigenvalue weighted by Gasteiger charge is 2.43. The number of carbonyl (C=O) groups is 2. The number of hydrogen-bond acceptors (Lipinski definition) is 8. The van der Waals surface area contributed by atoms with Crippen LogP contribution < -0.4 is 5.32 Å². The van der Waals surface area contributed by atoms with Crippen LogP contribution >= 0.6 is 0 Å². The molecular formula is C15H27NO9. The van der Waals surface area contributed by atoms with Gasteiger partial charge in [-0.3, -0.25) is 4.79 Å².